The normalized spacial score (nSPS) is 17.7. The summed E-state index contributed by atoms with van der Waals surface area (Å²) in [4.78, 5) is 14.6. The summed E-state index contributed by atoms with van der Waals surface area (Å²) in [7, 11) is 0. The van der Waals surface area contributed by atoms with Crippen LogP contribution >= 0.6 is 0 Å². The Morgan fingerprint density at radius 3 is 2.67 bits per heavy atom. The van der Waals surface area contributed by atoms with Gasteiger partial charge in [0.05, 0.1) is 12.3 Å². The fourth-order valence-electron chi connectivity index (χ4n) is 3.97. The van der Waals surface area contributed by atoms with E-state index in [2.05, 4.69) is 23.5 Å². The SMILES string of the molecule is CCOc1ccccc1NC(=O)N1CCC2(CCc3ccccc3O2)CC1. The predicted molar refractivity (Wildman–Crippen MR) is 106 cm³/mol. The van der Waals surface area contributed by atoms with Crippen LogP contribution in [-0.4, -0.2) is 36.2 Å². The number of nitrogens with one attached hydrogen (secondary N) is 1. The van der Waals surface area contributed by atoms with E-state index in [9.17, 15) is 4.79 Å². The van der Waals surface area contributed by atoms with Crippen molar-refractivity contribution in [3.8, 4) is 11.5 Å². The number of amides is 2. The molecule has 1 fully saturated rings. The average Bonchev–Trinajstić information content (AvgIpc) is 2.70. The van der Waals surface area contributed by atoms with Crippen LogP contribution in [0.15, 0.2) is 48.5 Å². The van der Waals surface area contributed by atoms with Gasteiger partial charge in [0.15, 0.2) is 0 Å². The maximum absolute atomic E-state index is 12.7. The summed E-state index contributed by atoms with van der Waals surface area (Å²) in [6.45, 7) is 3.90. The van der Waals surface area contributed by atoms with Crippen molar-refractivity contribution in [2.24, 2.45) is 0 Å². The first-order chi connectivity index (χ1) is 13.2. The highest BCUT2D eigenvalue weighted by molar-refractivity contribution is 5.91. The Morgan fingerprint density at radius 2 is 1.85 bits per heavy atom. The van der Waals surface area contributed by atoms with E-state index in [4.69, 9.17) is 9.47 Å². The number of anilines is 1. The van der Waals surface area contributed by atoms with Gasteiger partial charge >= 0.3 is 6.03 Å². The van der Waals surface area contributed by atoms with E-state index in [1.165, 1.54) is 5.56 Å². The Kier molecular flexibility index (Phi) is 4.92. The van der Waals surface area contributed by atoms with Crippen molar-refractivity contribution >= 4 is 11.7 Å². The highest BCUT2D eigenvalue weighted by atomic mass is 16.5. The van der Waals surface area contributed by atoms with Crippen molar-refractivity contribution in [3.63, 3.8) is 0 Å². The molecule has 4 rings (SSSR count). The van der Waals surface area contributed by atoms with Crippen LogP contribution in [0.4, 0.5) is 10.5 Å². The second kappa shape index (κ2) is 7.51. The lowest BCUT2D eigenvalue weighted by Crippen LogP contribution is -2.52. The number of ether oxygens (including phenoxy) is 2. The number of piperidine rings is 1. The van der Waals surface area contributed by atoms with Crippen molar-refractivity contribution in [2.75, 3.05) is 25.0 Å². The molecular weight excluding hydrogens is 340 g/mol. The monoisotopic (exact) mass is 366 g/mol. The molecule has 0 bridgehead atoms. The number of para-hydroxylation sites is 3. The molecule has 2 amide bonds. The summed E-state index contributed by atoms with van der Waals surface area (Å²) in [5.41, 5.74) is 1.87. The van der Waals surface area contributed by atoms with Gasteiger partial charge in [-0.3, -0.25) is 0 Å². The van der Waals surface area contributed by atoms with Crippen LogP contribution < -0.4 is 14.8 Å². The number of fused-ring (bicyclic) bond motifs is 1. The fourth-order valence-corrected chi connectivity index (χ4v) is 3.97. The quantitative estimate of drug-likeness (QED) is 0.871. The lowest BCUT2D eigenvalue weighted by molar-refractivity contribution is -0.00435. The molecule has 5 nitrogen and oxygen atoms in total. The van der Waals surface area contributed by atoms with Gasteiger partial charge in [0.25, 0.3) is 0 Å². The zero-order valence-electron chi connectivity index (χ0n) is 15.7. The molecular formula is C22H26N2O3. The molecule has 2 aliphatic rings. The van der Waals surface area contributed by atoms with E-state index < -0.39 is 0 Å². The van der Waals surface area contributed by atoms with Gasteiger partial charge in [0.2, 0.25) is 0 Å². The first-order valence-corrected chi connectivity index (χ1v) is 9.74. The van der Waals surface area contributed by atoms with E-state index >= 15 is 0 Å². The standard InChI is InChI=1S/C22H26N2O3/c1-2-26-20-10-6-4-8-18(20)23-21(25)24-15-13-22(14-16-24)12-11-17-7-3-5-9-19(17)27-22/h3-10H,2,11-16H2,1H3,(H,23,25). The lowest BCUT2D eigenvalue weighted by atomic mass is 9.83. The number of urea groups is 1. The minimum atomic E-state index is -0.131. The number of hydrogen-bond donors (Lipinski definition) is 1. The Balaban J connectivity index is 1.38. The zero-order valence-corrected chi connectivity index (χ0v) is 15.7. The summed E-state index contributed by atoms with van der Waals surface area (Å²) in [6, 6.07) is 15.8. The largest absolute Gasteiger partial charge is 0.492 e. The summed E-state index contributed by atoms with van der Waals surface area (Å²) in [5, 5.41) is 2.99. The summed E-state index contributed by atoms with van der Waals surface area (Å²) < 4.78 is 12.0. The molecule has 5 heteroatoms. The van der Waals surface area contributed by atoms with Crippen molar-refractivity contribution in [1.29, 1.82) is 0 Å². The Labute approximate surface area is 160 Å². The molecule has 0 aromatic heterocycles. The summed E-state index contributed by atoms with van der Waals surface area (Å²) >= 11 is 0. The van der Waals surface area contributed by atoms with Crippen molar-refractivity contribution in [2.45, 2.75) is 38.2 Å². The third kappa shape index (κ3) is 3.72. The van der Waals surface area contributed by atoms with Gasteiger partial charge < -0.3 is 19.7 Å². The Morgan fingerprint density at radius 1 is 1.11 bits per heavy atom. The number of likely N-dealkylation sites (tertiary alicyclic amines) is 1. The van der Waals surface area contributed by atoms with Gasteiger partial charge in [0.1, 0.15) is 17.1 Å². The molecule has 0 atom stereocenters. The number of rotatable bonds is 3. The smallest absolute Gasteiger partial charge is 0.321 e. The maximum atomic E-state index is 12.7. The van der Waals surface area contributed by atoms with Crippen LogP contribution in [-0.2, 0) is 6.42 Å². The molecule has 0 radical (unpaired) electrons. The van der Waals surface area contributed by atoms with Gasteiger partial charge in [-0.05, 0) is 43.5 Å². The number of carbonyl (C=O) groups is 1. The first kappa shape index (κ1) is 17.7. The highest BCUT2D eigenvalue weighted by Crippen LogP contribution is 2.39. The minimum absolute atomic E-state index is 0.0757. The molecule has 1 spiro atoms. The van der Waals surface area contributed by atoms with E-state index in [0.717, 1.165) is 31.4 Å². The number of benzene rings is 2. The average molecular weight is 366 g/mol. The molecule has 2 aromatic rings. The molecule has 27 heavy (non-hydrogen) atoms. The molecule has 2 heterocycles. The number of hydrogen-bond acceptors (Lipinski definition) is 3. The van der Waals surface area contributed by atoms with Crippen molar-refractivity contribution < 1.29 is 14.3 Å². The van der Waals surface area contributed by atoms with Crippen LogP contribution in [0.5, 0.6) is 11.5 Å². The van der Waals surface area contributed by atoms with Crippen molar-refractivity contribution in [3.05, 3.63) is 54.1 Å². The maximum Gasteiger partial charge on any atom is 0.321 e. The first-order valence-electron chi connectivity index (χ1n) is 9.74. The third-order valence-electron chi connectivity index (χ3n) is 5.54. The molecule has 2 aliphatic heterocycles. The molecule has 0 unspecified atom stereocenters. The number of aryl methyl sites for hydroxylation is 1. The van der Waals surface area contributed by atoms with Crippen LogP contribution in [0.3, 0.4) is 0 Å². The van der Waals surface area contributed by atoms with E-state index in [0.29, 0.717) is 31.1 Å². The molecule has 1 N–H and O–H groups in total. The van der Waals surface area contributed by atoms with Gasteiger partial charge in [-0.2, -0.15) is 0 Å². The minimum Gasteiger partial charge on any atom is -0.492 e. The van der Waals surface area contributed by atoms with E-state index in [-0.39, 0.29) is 11.6 Å². The van der Waals surface area contributed by atoms with E-state index in [1.54, 1.807) is 0 Å². The lowest BCUT2D eigenvalue weighted by Gasteiger charge is -2.44. The van der Waals surface area contributed by atoms with Gasteiger partial charge in [-0.1, -0.05) is 30.3 Å². The van der Waals surface area contributed by atoms with Crippen LogP contribution in [0.2, 0.25) is 0 Å². The predicted octanol–water partition coefficient (Wildman–Crippen LogP) is 4.48. The second-order valence-corrected chi connectivity index (χ2v) is 7.24. The number of carbonyl (C=O) groups excluding carboxylic acids is 1. The number of nitrogens with zero attached hydrogens (tertiary/aromatic N) is 1. The van der Waals surface area contributed by atoms with Crippen LogP contribution in [0.1, 0.15) is 31.7 Å². The highest BCUT2D eigenvalue weighted by Gasteiger charge is 2.40. The van der Waals surface area contributed by atoms with Gasteiger partial charge in [-0.25, -0.2) is 4.79 Å². The zero-order chi connectivity index (χ0) is 18.7. The Bertz CT molecular complexity index is 813. The summed E-state index contributed by atoms with van der Waals surface area (Å²) in [6.07, 6.45) is 3.79. The molecule has 1 saturated heterocycles. The topological polar surface area (TPSA) is 50.8 Å². The molecule has 142 valence electrons. The third-order valence-corrected chi connectivity index (χ3v) is 5.54. The summed E-state index contributed by atoms with van der Waals surface area (Å²) in [5.74, 6) is 1.71. The van der Waals surface area contributed by atoms with Crippen LogP contribution in [0.25, 0.3) is 0 Å². The van der Waals surface area contributed by atoms with Gasteiger partial charge in [-0.15, -0.1) is 0 Å². The molecule has 2 aromatic carbocycles. The molecule has 0 saturated carbocycles. The second-order valence-electron chi connectivity index (χ2n) is 7.24. The van der Waals surface area contributed by atoms with Gasteiger partial charge in [0, 0.05) is 25.9 Å². The fraction of sp³-hybridized carbons (Fsp3) is 0.409. The van der Waals surface area contributed by atoms with E-state index in [1.807, 2.05) is 42.2 Å². The van der Waals surface area contributed by atoms with Crippen molar-refractivity contribution in [1.82, 2.24) is 4.90 Å². The Hall–Kier alpha value is -2.69. The molecule has 0 aliphatic carbocycles. The van der Waals surface area contributed by atoms with Crippen LogP contribution in [0, 0.1) is 0 Å².